The van der Waals surface area contributed by atoms with Crippen LogP contribution in [0.5, 0.6) is 5.75 Å². The molecule has 0 atom stereocenters. The summed E-state index contributed by atoms with van der Waals surface area (Å²) in [6.45, 7) is 5.35. The van der Waals surface area contributed by atoms with Gasteiger partial charge in [-0.15, -0.1) is 5.10 Å². The Morgan fingerprint density at radius 3 is 2.64 bits per heavy atom. The lowest BCUT2D eigenvalue weighted by Crippen LogP contribution is -3.13. The van der Waals surface area contributed by atoms with Crippen LogP contribution in [-0.2, 0) is 13.1 Å². The van der Waals surface area contributed by atoms with Crippen molar-refractivity contribution in [2.75, 3.05) is 31.1 Å². The summed E-state index contributed by atoms with van der Waals surface area (Å²) < 4.78 is 7.18. The summed E-state index contributed by atoms with van der Waals surface area (Å²) in [4.78, 5) is 3.81. The molecule has 25 heavy (non-hydrogen) atoms. The highest BCUT2D eigenvalue weighted by Crippen LogP contribution is 2.18. The van der Waals surface area contributed by atoms with Crippen molar-refractivity contribution in [2.24, 2.45) is 0 Å². The highest BCUT2D eigenvalue weighted by molar-refractivity contribution is 5.48. The van der Waals surface area contributed by atoms with E-state index in [9.17, 15) is 5.11 Å². The van der Waals surface area contributed by atoms with Crippen molar-refractivity contribution in [3.8, 4) is 5.75 Å². The number of tetrazole rings is 1. The van der Waals surface area contributed by atoms with Crippen molar-refractivity contribution in [3.63, 3.8) is 0 Å². The van der Waals surface area contributed by atoms with E-state index in [-0.39, 0.29) is 0 Å². The highest BCUT2D eigenvalue weighted by Gasteiger charge is 2.22. The molecule has 0 spiro atoms. The number of anilines is 1. The molecule has 1 aliphatic rings. The van der Waals surface area contributed by atoms with Gasteiger partial charge < -0.3 is 19.3 Å². The van der Waals surface area contributed by atoms with Crippen LogP contribution in [0.3, 0.4) is 0 Å². The number of furan rings is 1. The summed E-state index contributed by atoms with van der Waals surface area (Å²) in [6.07, 6.45) is 1.66. The SMILES string of the molecule is Oc1ccc(N2CC[NH+](Cc3nnnn3Cc3ccco3)CC2)cc1. The Balaban J connectivity index is 1.34. The topological polar surface area (TPSA) is 84.6 Å². The summed E-state index contributed by atoms with van der Waals surface area (Å²) in [5.41, 5.74) is 1.15. The van der Waals surface area contributed by atoms with E-state index >= 15 is 0 Å². The van der Waals surface area contributed by atoms with Crippen molar-refractivity contribution in [1.29, 1.82) is 0 Å². The van der Waals surface area contributed by atoms with Crippen LogP contribution in [0.15, 0.2) is 47.1 Å². The van der Waals surface area contributed by atoms with Gasteiger partial charge >= 0.3 is 0 Å². The lowest BCUT2D eigenvalue weighted by Gasteiger charge is -2.33. The Morgan fingerprint density at radius 2 is 1.92 bits per heavy atom. The minimum Gasteiger partial charge on any atom is -0.508 e. The first-order valence-corrected chi connectivity index (χ1v) is 8.43. The van der Waals surface area contributed by atoms with Gasteiger partial charge in [-0.3, -0.25) is 0 Å². The van der Waals surface area contributed by atoms with E-state index in [1.807, 2.05) is 24.3 Å². The molecule has 0 bridgehead atoms. The van der Waals surface area contributed by atoms with Gasteiger partial charge in [-0.25, -0.2) is 4.68 Å². The Kier molecular flexibility index (Phi) is 4.34. The molecule has 0 amide bonds. The molecule has 4 rings (SSSR count). The number of benzene rings is 1. The average molecular weight is 341 g/mol. The summed E-state index contributed by atoms with van der Waals surface area (Å²) in [5, 5.41) is 21.5. The first-order chi connectivity index (χ1) is 12.3. The van der Waals surface area contributed by atoms with Gasteiger partial charge in [-0.1, -0.05) is 0 Å². The van der Waals surface area contributed by atoms with E-state index in [4.69, 9.17) is 4.42 Å². The maximum Gasteiger partial charge on any atom is 0.206 e. The van der Waals surface area contributed by atoms with Crippen LogP contribution in [0.4, 0.5) is 5.69 Å². The lowest BCUT2D eigenvalue weighted by molar-refractivity contribution is -0.915. The highest BCUT2D eigenvalue weighted by atomic mass is 16.3. The molecule has 1 fully saturated rings. The normalized spacial score (nSPS) is 15.6. The number of nitrogens with zero attached hydrogens (tertiary/aromatic N) is 5. The number of aromatic nitrogens is 4. The quantitative estimate of drug-likeness (QED) is 0.676. The zero-order chi connectivity index (χ0) is 17.1. The van der Waals surface area contributed by atoms with E-state index < -0.39 is 0 Å². The smallest absolute Gasteiger partial charge is 0.206 e. The average Bonchev–Trinajstić information content (AvgIpc) is 3.30. The molecule has 1 aromatic carbocycles. The Bertz CT molecular complexity index is 791. The Hall–Kier alpha value is -2.87. The largest absolute Gasteiger partial charge is 0.508 e. The van der Waals surface area contributed by atoms with Crippen LogP contribution in [0, 0.1) is 0 Å². The van der Waals surface area contributed by atoms with Gasteiger partial charge in [0, 0.05) is 5.69 Å². The predicted molar refractivity (Wildman–Crippen MR) is 90.3 cm³/mol. The molecule has 3 aromatic rings. The van der Waals surface area contributed by atoms with Gasteiger partial charge in [-0.2, -0.15) is 0 Å². The molecule has 0 radical (unpaired) electrons. The monoisotopic (exact) mass is 341 g/mol. The second kappa shape index (κ2) is 6.94. The van der Waals surface area contributed by atoms with Gasteiger partial charge in [0.2, 0.25) is 5.82 Å². The predicted octanol–water partition coefficient (Wildman–Crippen LogP) is -0.0749. The number of nitrogens with one attached hydrogen (secondary N) is 1. The zero-order valence-corrected chi connectivity index (χ0v) is 13.9. The first kappa shape index (κ1) is 15.6. The molecule has 2 N–H and O–H groups in total. The minimum atomic E-state index is 0.302. The fourth-order valence-corrected chi connectivity index (χ4v) is 3.17. The van der Waals surface area contributed by atoms with E-state index in [2.05, 4.69) is 20.4 Å². The van der Waals surface area contributed by atoms with Crippen LogP contribution in [0.25, 0.3) is 0 Å². The first-order valence-electron chi connectivity index (χ1n) is 8.43. The van der Waals surface area contributed by atoms with Crippen molar-refractivity contribution >= 4 is 5.69 Å². The van der Waals surface area contributed by atoms with Gasteiger partial charge in [0.1, 0.15) is 24.6 Å². The fourth-order valence-electron chi connectivity index (χ4n) is 3.17. The van der Waals surface area contributed by atoms with E-state index in [1.165, 1.54) is 4.90 Å². The number of rotatable bonds is 5. The van der Waals surface area contributed by atoms with Crippen molar-refractivity contribution in [1.82, 2.24) is 20.2 Å². The summed E-state index contributed by atoms with van der Waals surface area (Å²) in [6, 6.07) is 11.2. The third-order valence-corrected chi connectivity index (χ3v) is 4.59. The second-order valence-electron chi connectivity index (χ2n) is 6.26. The molecule has 130 valence electrons. The number of aromatic hydroxyl groups is 1. The van der Waals surface area contributed by atoms with Gasteiger partial charge in [-0.05, 0) is 46.8 Å². The van der Waals surface area contributed by atoms with Crippen molar-refractivity contribution < 1.29 is 14.4 Å². The van der Waals surface area contributed by atoms with Gasteiger partial charge in [0.15, 0.2) is 0 Å². The molecule has 1 aliphatic heterocycles. The lowest BCUT2D eigenvalue weighted by atomic mass is 10.2. The molecular weight excluding hydrogens is 320 g/mol. The molecule has 0 aliphatic carbocycles. The molecule has 1 saturated heterocycles. The summed E-state index contributed by atoms with van der Waals surface area (Å²) in [5.74, 6) is 2.03. The standard InChI is InChI=1S/C17H20N6O2/c24-15-5-3-14(4-6-15)22-9-7-21(8-10-22)13-17-18-19-20-23(17)12-16-2-1-11-25-16/h1-6,11,24H,7-10,12-13H2/p+1. The van der Waals surface area contributed by atoms with Crippen LogP contribution in [0.1, 0.15) is 11.6 Å². The van der Waals surface area contributed by atoms with Gasteiger partial charge in [0.05, 0.1) is 32.4 Å². The van der Waals surface area contributed by atoms with Crippen LogP contribution >= 0.6 is 0 Å². The van der Waals surface area contributed by atoms with Crippen molar-refractivity contribution in [2.45, 2.75) is 13.1 Å². The number of piperazine rings is 1. The minimum absolute atomic E-state index is 0.302. The number of quaternary nitrogens is 1. The Labute approximate surface area is 145 Å². The molecule has 0 unspecified atom stereocenters. The molecule has 3 heterocycles. The van der Waals surface area contributed by atoms with Crippen LogP contribution in [0.2, 0.25) is 0 Å². The molecular formula is C17H21N6O2+. The van der Waals surface area contributed by atoms with Gasteiger partial charge in [0.25, 0.3) is 0 Å². The third kappa shape index (κ3) is 3.63. The zero-order valence-electron chi connectivity index (χ0n) is 13.9. The number of hydrogen-bond donors (Lipinski definition) is 2. The van der Waals surface area contributed by atoms with E-state index in [0.717, 1.165) is 50.0 Å². The fraction of sp³-hybridized carbons (Fsp3) is 0.353. The number of phenolic OH excluding ortho intramolecular Hbond substituents is 1. The number of phenols is 1. The molecule has 0 saturated carbocycles. The second-order valence-corrected chi connectivity index (χ2v) is 6.26. The molecule has 8 heteroatoms. The maximum absolute atomic E-state index is 9.41. The van der Waals surface area contributed by atoms with E-state index in [0.29, 0.717) is 12.3 Å². The molecule has 8 nitrogen and oxygen atoms in total. The van der Waals surface area contributed by atoms with E-state index in [1.54, 1.807) is 23.1 Å². The number of hydrogen-bond acceptors (Lipinski definition) is 6. The Morgan fingerprint density at radius 1 is 1.12 bits per heavy atom. The molecule has 2 aromatic heterocycles. The maximum atomic E-state index is 9.41. The summed E-state index contributed by atoms with van der Waals surface area (Å²) in [7, 11) is 0. The van der Waals surface area contributed by atoms with Crippen LogP contribution < -0.4 is 9.80 Å². The van der Waals surface area contributed by atoms with Crippen LogP contribution in [-0.4, -0.2) is 51.5 Å². The third-order valence-electron chi connectivity index (χ3n) is 4.59. The van der Waals surface area contributed by atoms with Crippen molar-refractivity contribution in [3.05, 3.63) is 54.2 Å². The summed E-state index contributed by atoms with van der Waals surface area (Å²) >= 11 is 0.